The Morgan fingerprint density at radius 2 is 2.18 bits per heavy atom. The van der Waals surface area contributed by atoms with Crippen LogP contribution in [0.3, 0.4) is 0 Å². The van der Waals surface area contributed by atoms with E-state index >= 15 is 0 Å². The SMILES string of the molecule is NCCn1c2c(c3cc(F)c(Cl)cc31)CCC2. The first-order valence-electron chi connectivity index (χ1n) is 5.91. The van der Waals surface area contributed by atoms with Crippen molar-refractivity contribution in [2.24, 2.45) is 5.73 Å². The highest BCUT2D eigenvalue weighted by Crippen LogP contribution is 2.35. The largest absolute Gasteiger partial charge is 0.343 e. The molecule has 0 radical (unpaired) electrons. The highest BCUT2D eigenvalue weighted by molar-refractivity contribution is 6.31. The van der Waals surface area contributed by atoms with Gasteiger partial charge in [0, 0.05) is 24.2 Å². The second-order valence-electron chi connectivity index (χ2n) is 4.50. The predicted molar refractivity (Wildman–Crippen MR) is 68.0 cm³/mol. The molecule has 0 saturated heterocycles. The fourth-order valence-electron chi connectivity index (χ4n) is 2.85. The maximum Gasteiger partial charge on any atom is 0.142 e. The maximum atomic E-state index is 13.5. The zero-order valence-corrected chi connectivity index (χ0v) is 10.2. The third-order valence-electron chi connectivity index (χ3n) is 3.52. The van der Waals surface area contributed by atoms with Gasteiger partial charge in [-0.05, 0) is 37.0 Å². The highest BCUT2D eigenvalue weighted by Gasteiger charge is 2.22. The molecular weight excluding hydrogens is 239 g/mol. The topological polar surface area (TPSA) is 30.9 Å². The smallest absolute Gasteiger partial charge is 0.142 e. The van der Waals surface area contributed by atoms with Gasteiger partial charge in [-0.15, -0.1) is 0 Å². The molecule has 0 atom stereocenters. The molecule has 1 aliphatic rings. The lowest BCUT2D eigenvalue weighted by Crippen LogP contribution is -2.11. The van der Waals surface area contributed by atoms with E-state index in [2.05, 4.69) is 4.57 Å². The Balaban J connectivity index is 2.34. The molecule has 0 bridgehead atoms. The van der Waals surface area contributed by atoms with E-state index < -0.39 is 0 Å². The molecule has 1 heterocycles. The molecule has 2 nitrogen and oxygen atoms in total. The van der Waals surface area contributed by atoms with Gasteiger partial charge in [0.15, 0.2) is 0 Å². The minimum atomic E-state index is -0.334. The third-order valence-corrected chi connectivity index (χ3v) is 3.81. The van der Waals surface area contributed by atoms with Gasteiger partial charge in [0.1, 0.15) is 5.82 Å². The Labute approximate surface area is 104 Å². The van der Waals surface area contributed by atoms with E-state index in [4.69, 9.17) is 17.3 Å². The Bertz CT molecular complexity index is 589. The average Bonchev–Trinajstić information content (AvgIpc) is 2.85. The molecule has 1 aliphatic carbocycles. The summed E-state index contributed by atoms with van der Waals surface area (Å²) in [6.45, 7) is 1.36. The molecule has 4 heteroatoms. The molecule has 0 spiro atoms. The van der Waals surface area contributed by atoms with Crippen molar-refractivity contribution in [1.29, 1.82) is 0 Å². The first kappa shape index (κ1) is 11.1. The van der Waals surface area contributed by atoms with Crippen molar-refractivity contribution in [3.63, 3.8) is 0 Å². The third kappa shape index (κ3) is 1.57. The zero-order chi connectivity index (χ0) is 12.0. The lowest BCUT2D eigenvalue weighted by molar-refractivity contribution is 0.629. The molecule has 17 heavy (non-hydrogen) atoms. The molecule has 2 aromatic rings. The van der Waals surface area contributed by atoms with Gasteiger partial charge in [-0.2, -0.15) is 0 Å². The number of hydrogen-bond acceptors (Lipinski definition) is 1. The summed E-state index contributed by atoms with van der Waals surface area (Å²) in [7, 11) is 0. The number of nitrogens with zero attached hydrogens (tertiary/aromatic N) is 1. The molecule has 3 rings (SSSR count). The quantitative estimate of drug-likeness (QED) is 0.876. The van der Waals surface area contributed by atoms with Gasteiger partial charge in [-0.3, -0.25) is 0 Å². The zero-order valence-electron chi connectivity index (χ0n) is 9.47. The molecular formula is C13H14ClFN2. The van der Waals surface area contributed by atoms with Crippen LogP contribution in [0.4, 0.5) is 4.39 Å². The van der Waals surface area contributed by atoms with Crippen LogP contribution >= 0.6 is 11.6 Å². The molecule has 0 unspecified atom stereocenters. The number of hydrogen-bond donors (Lipinski definition) is 1. The van der Waals surface area contributed by atoms with Crippen LogP contribution < -0.4 is 5.73 Å². The first-order valence-corrected chi connectivity index (χ1v) is 6.29. The van der Waals surface area contributed by atoms with Crippen LogP contribution in [-0.4, -0.2) is 11.1 Å². The number of aromatic nitrogens is 1. The van der Waals surface area contributed by atoms with Gasteiger partial charge in [0.25, 0.3) is 0 Å². The van der Waals surface area contributed by atoms with Gasteiger partial charge in [-0.25, -0.2) is 4.39 Å². The monoisotopic (exact) mass is 252 g/mol. The lowest BCUT2D eigenvalue weighted by atomic mass is 10.1. The molecule has 1 aromatic carbocycles. The number of rotatable bonds is 2. The second kappa shape index (κ2) is 4.00. The minimum Gasteiger partial charge on any atom is -0.343 e. The second-order valence-corrected chi connectivity index (χ2v) is 4.91. The van der Waals surface area contributed by atoms with E-state index in [0.717, 1.165) is 36.7 Å². The molecule has 2 N–H and O–H groups in total. The number of halogens is 2. The van der Waals surface area contributed by atoms with Crippen molar-refractivity contribution in [2.45, 2.75) is 25.8 Å². The van der Waals surface area contributed by atoms with Gasteiger partial charge in [0.2, 0.25) is 0 Å². The summed E-state index contributed by atoms with van der Waals surface area (Å²) < 4.78 is 15.7. The molecule has 0 fully saturated rings. The number of benzene rings is 1. The normalized spacial score (nSPS) is 14.5. The van der Waals surface area contributed by atoms with Crippen molar-refractivity contribution >= 4 is 22.5 Å². The van der Waals surface area contributed by atoms with Crippen molar-refractivity contribution in [1.82, 2.24) is 4.57 Å². The maximum absolute atomic E-state index is 13.5. The Morgan fingerprint density at radius 1 is 1.35 bits per heavy atom. The van der Waals surface area contributed by atoms with E-state index in [1.54, 1.807) is 12.1 Å². The summed E-state index contributed by atoms with van der Waals surface area (Å²) in [5.74, 6) is -0.334. The molecule has 0 saturated carbocycles. The number of fused-ring (bicyclic) bond motifs is 3. The standard InChI is InChI=1S/C13H14ClFN2/c14-10-7-13-9(6-11(10)15)8-2-1-3-12(8)17(13)5-4-16/h6-7H,1-5,16H2. The average molecular weight is 253 g/mol. The van der Waals surface area contributed by atoms with Crippen LogP contribution in [-0.2, 0) is 19.4 Å². The van der Waals surface area contributed by atoms with E-state index in [-0.39, 0.29) is 10.8 Å². The summed E-state index contributed by atoms with van der Waals surface area (Å²) in [4.78, 5) is 0. The van der Waals surface area contributed by atoms with Gasteiger partial charge in [-0.1, -0.05) is 11.6 Å². The summed E-state index contributed by atoms with van der Waals surface area (Å²) in [5.41, 5.74) is 9.26. The lowest BCUT2D eigenvalue weighted by Gasteiger charge is -2.07. The van der Waals surface area contributed by atoms with Crippen molar-refractivity contribution in [3.8, 4) is 0 Å². The van der Waals surface area contributed by atoms with Gasteiger partial charge >= 0.3 is 0 Å². The van der Waals surface area contributed by atoms with Crippen LogP contribution in [0.2, 0.25) is 5.02 Å². The summed E-state index contributed by atoms with van der Waals surface area (Å²) in [6, 6.07) is 3.29. The first-order chi connectivity index (χ1) is 8.22. The number of aryl methyl sites for hydroxylation is 1. The van der Waals surface area contributed by atoms with E-state index in [1.165, 1.54) is 11.3 Å². The molecule has 0 amide bonds. The number of nitrogens with two attached hydrogens (primary N) is 1. The van der Waals surface area contributed by atoms with E-state index in [9.17, 15) is 4.39 Å². The van der Waals surface area contributed by atoms with Crippen molar-refractivity contribution in [3.05, 3.63) is 34.2 Å². The van der Waals surface area contributed by atoms with Gasteiger partial charge in [0.05, 0.1) is 10.5 Å². The van der Waals surface area contributed by atoms with Crippen LogP contribution in [0.25, 0.3) is 10.9 Å². The highest BCUT2D eigenvalue weighted by atomic mass is 35.5. The molecule has 1 aromatic heterocycles. The fourth-order valence-corrected chi connectivity index (χ4v) is 3.00. The summed E-state index contributed by atoms with van der Waals surface area (Å²) >= 11 is 5.86. The molecule has 0 aliphatic heterocycles. The van der Waals surface area contributed by atoms with Gasteiger partial charge < -0.3 is 10.3 Å². The van der Waals surface area contributed by atoms with Crippen LogP contribution in [0.5, 0.6) is 0 Å². The van der Waals surface area contributed by atoms with Crippen LogP contribution in [0, 0.1) is 5.82 Å². The minimum absolute atomic E-state index is 0.187. The fraction of sp³-hybridized carbons (Fsp3) is 0.385. The molecule has 90 valence electrons. The van der Waals surface area contributed by atoms with E-state index in [0.29, 0.717) is 6.54 Å². The summed E-state index contributed by atoms with van der Waals surface area (Å²) in [5, 5.41) is 1.19. The Hall–Kier alpha value is -1.06. The Kier molecular flexibility index (Phi) is 2.60. The Morgan fingerprint density at radius 3 is 2.94 bits per heavy atom. The van der Waals surface area contributed by atoms with Crippen LogP contribution in [0.1, 0.15) is 17.7 Å². The predicted octanol–water partition coefficient (Wildman–Crippen LogP) is 2.88. The van der Waals surface area contributed by atoms with E-state index in [1.807, 2.05) is 0 Å². The van der Waals surface area contributed by atoms with Crippen molar-refractivity contribution < 1.29 is 4.39 Å². The summed E-state index contributed by atoms with van der Waals surface area (Å²) in [6.07, 6.45) is 3.24. The van der Waals surface area contributed by atoms with Crippen molar-refractivity contribution in [2.75, 3.05) is 6.54 Å². The van der Waals surface area contributed by atoms with Crippen LogP contribution in [0.15, 0.2) is 12.1 Å².